The predicted octanol–water partition coefficient (Wildman–Crippen LogP) is 3.27. The fourth-order valence-corrected chi connectivity index (χ4v) is 1.43. The summed E-state index contributed by atoms with van der Waals surface area (Å²) in [6, 6.07) is 17.1. The lowest BCUT2D eigenvalue weighted by Crippen LogP contribution is -1.86. The van der Waals surface area contributed by atoms with E-state index in [1.807, 2.05) is 48.5 Å². The van der Waals surface area contributed by atoms with Crippen molar-refractivity contribution in [1.82, 2.24) is 20.4 Å². The third-order valence-corrected chi connectivity index (χ3v) is 2.39. The molecule has 0 fully saturated rings. The van der Waals surface area contributed by atoms with Gasteiger partial charge in [-0.1, -0.05) is 41.9 Å². The van der Waals surface area contributed by atoms with E-state index in [9.17, 15) is 0 Å². The Morgan fingerprint density at radius 1 is 0.684 bits per heavy atom. The molecule has 0 aliphatic heterocycles. The van der Waals surface area contributed by atoms with E-state index < -0.39 is 0 Å². The molecule has 0 aliphatic carbocycles. The zero-order chi connectivity index (χ0) is 13.3. The Kier molecular flexibility index (Phi) is 4.96. The Labute approximate surface area is 116 Å². The first-order chi connectivity index (χ1) is 9.36. The van der Waals surface area contributed by atoms with E-state index in [1.54, 1.807) is 18.5 Å². The van der Waals surface area contributed by atoms with Crippen LogP contribution in [0, 0.1) is 0 Å². The molecule has 0 aliphatic rings. The zero-order valence-electron chi connectivity index (χ0n) is 10.0. The summed E-state index contributed by atoms with van der Waals surface area (Å²) in [5.41, 5.74) is 1.89. The van der Waals surface area contributed by atoms with Gasteiger partial charge in [-0.15, -0.1) is 10.2 Å². The van der Waals surface area contributed by atoms with Crippen LogP contribution in [-0.2, 0) is 0 Å². The van der Waals surface area contributed by atoms with Gasteiger partial charge in [0.2, 0.25) is 0 Å². The molecule has 0 amide bonds. The van der Waals surface area contributed by atoms with E-state index in [1.165, 1.54) is 0 Å². The van der Waals surface area contributed by atoms with Crippen molar-refractivity contribution in [3.63, 3.8) is 0 Å². The Morgan fingerprint density at radius 3 is 1.84 bits per heavy atom. The molecule has 94 valence electrons. The molecule has 0 saturated carbocycles. The number of hydrogen-bond acceptors (Lipinski definition) is 4. The Bertz CT molecular complexity index is 558. The van der Waals surface area contributed by atoms with Crippen LogP contribution in [0.5, 0.6) is 0 Å². The number of aromatic nitrogens is 4. The van der Waals surface area contributed by atoms with Crippen LogP contribution in [0.1, 0.15) is 0 Å². The van der Waals surface area contributed by atoms with Gasteiger partial charge in [0.25, 0.3) is 0 Å². The minimum absolute atomic E-state index is 0.416. The first kappa shape index (κ1) is 13.1. The summed E-state index contributed by atoms with van der Waals surface area (Å²) in [6.45, 7) is 0. The van der Waals surface area contributed by atoms with Crippen molar-refractivity contribution in [1.29, 1.82) is 0 Å². The summed E-state index contributed by atoms with van der Waals surface area (Å²) in [5, 5.41) is 15.2. The van der Waals surface area contributed by atoms with Gasteiger partial charge in [0.05, 0.1) is 5.69 Å². The van der Waals surface area contributed by atoms with Gasteiger partial charge >= 0.3 is 0 Å². The molecule has 0 radical (unpaired) electrons. The quantitative estimate of drug-likeness (QED) is 0.681. The van der Waals surface area contributed by atoms with Crippen molar-refractivity contribution in [2.75, 3.05) is 0 Å². The molecule has 2 aromatic heterocycles. The summed E-state index contributed by atoms with van der Waals surface area (Å²) in [4.78, 5) is 0. The second-order valence-corrected chi connectivity index (χ2v) is 3.91. The van der Waals surface area contributed by atoms with Crippen LogP contribution in [0.25, 0.3) is 11.3 Å². The van der Waals surface area contributed by atoms with Gasteiger partial charge in [0, 0.05) is 18.0 Å². The van der Waals surface area contributed by atoms with E-state index in [2.05, 4.69) is 20.4 Å². The van der Waals surface area contributed by atoms with Crippen LogP contribution < -0.4 is 0 Å². The second kappa shape index (κ2) is 7.18. The molecule has 0 atom stereocenters. The lowest BCUT2D eigenvalue weighted by Gasteiger charge is -1.97. The first-order valence-corrected chi connectivity index (χ1v) is 6.00. The van der Waals surface area contributed by atoms with Crippen molar-refractivity contribution in [2.24, 2.45) is 0 Å². The highest BCUT2D eigenvalue weighted by Crippen LogP contribution is 2.15. The van der Waals surface area contributed by atoms with Gasteiger partial charge in [-0.3, -0.25) is 0 Å². The topological polar surface area (TPSA) is 51.6 Å². The fourth-order valence-electron chi connectivity index (χ4n) is 1.33. The van der Waals surface area contributed by atoms with E-state index in [0.717, 1.165) is 11.3 Å². The van der Waals surface area contributed by atoms with Gasteiger partial charge in [-0.25, -0.2) is 0 Å². The van der Waals surface area contributed by atoms with Gasteiger partial charge in [0.15, 0.2) is 5.15 Å². The lowest BCUT2D eigenvalue weighted by molar-refractivity contribution is 1.03. The molecule has 2 heterocycles. The minimum Gasteiger partial charge on any atom is -0.159 e. The third-order valence-electron chi connectivity index (χ3n) is 2.18. The maximum Gasteiger partial charge on any atom is 0.151 e. The summed E-state index contributed by atoms with van der Waals surface area (Å²) in [5.74, 6) is 0. The summed E-state index contributed by atoms with van der Waals surface area (Å²) >= 11 is 5.63. The van der Waals surface area contributed by atoms with Crippen LogP contribution >= 0.6 is 11.6 Å². The summed E-state index contributed by atoms with van der Waals surface area (Å²) < 4.78 is 0. The third kappa shape index (κ3) is 4.44. The molecule has 0 N–H and O–H groups in total. The number of hydrogen-bond donors (Lipinski definition) is 0. The highest BCUT2D eigenvalue weighted by Gasteiger charge is 1.97. The van der Waals surface area contributed by atoms with Crippen molar-refractivity contribution in [3.05, 3.63) is 72.1 Å². The number of benzene rings is 1. The average molecular weight is 271 g/mol. The number of nitrogens with zero attached hydrogens (tertiary/aromatic N) is 4. The van der Waals surface area contributed by atoms with Gasteiger partial charge < -0.3 is 0 Å². The highest BCUT2D eigenvalue weighted by molar-refractivity contribution is 6.29. The Morgan fingerprint density at radius 2 is 1.37 bits per heavy atom. The molecule has 0 saturated heterocycles. The van der Waals surface area contributed by atoms with Crippen molar-refractivity contribution in [3.8, 4) is 11.3 Å². The standard InChI is InChI=1S/C10H7ClN2.C4H4N2/c11-10-7-6-9(12-13-10)8-4-2-1-3-5-8;1-2-4-6-5-3-1/h1-7H;1-4H. The van der Waals surface area contributed by atoms with Crippen molar-refractivity contribution in [2.45, 2.75) is 0 Å². The molecule has 5 heteroatoms. The lowest BCUT2D eigenvalue weighted by atomic mass is 10.1. The van der Waals surface area contributed by atoms with Crippen LogP contribution in [0.2, 0.25) is 5.15 Å². The second-order valence-electron chi connectivity index (χ2n) is 3.52. The molecular weight excluding hydrogens is 260 g/mol. The molecule has 0 unspecified atom stereocenters. The maximum atomic E-state index is 5.63. The average Bonchev–Trinajstić information content (AvgIpc) is 2.51. The highest BCUT2D eigenvalue weighted by atomic mass is 35.5. The first-order valence-electron chi connectivity index (χ1n) is 5.62. The molecule has 19 heavy (non-hydrogen) atoms. The molecule has 0 bridgehead atoms. The Balaban J connectivity index is 0.000000186. The van der Waals surface area contributed by atoms with E-state index in [4.69, 9.17) is 11.6 Å². The summed E-state index contributed by atoms with van der Waals surface area (Å²) in [6.07, 6.45) is 3.28. The van der Waals surface area contributed by atoms with Crippen LogP contribution in [0.3, 0.4) is 0 Å². The largest absolute Gasteiger partial charge is 0.159 e. The fraction of sp³-hybridized carbons (Fsp3) is 0. The Hall–Kier alpha value is -2.33. The molecular formula is C14H11ClN4. The molecule has 1 aromatic carbocycles. The number of rotatable bonds is 1. The van der Waals surface area contributed by atoms with Crippen LogP contribution in [0.4, 0.5) is 0 Å². The maximum absolute atomic E-state index is 5.63. The van der Waals surface area contributed by atoms with Gasteiger partial charge in [-0.05, 0) is 24.3 Å². The predicted molar refractivity (Wildman–Crippen MR) is 74.5 cm³/mol. The van der Waals surface area contributed by atoms with E-state index in [-0.39, 0.29) is 0 Å². The minimum atomic E-state index is 0.416. The molecule has 3 aromatic rings. The molecule has 4 nitrogen and oxygen atoms in total. The van der Waals surface area contributed by atoms with Crippen LogP contribution in [-0.4, -0.2) is 20.4 Å². The van der Waals surface area contributed by atoms with Gasteiger partial charge in [0.1, 0.15) is 0 Å². The summed E-state index contributed by atoms with van der Waals surface area (Å²) in [7, 11) is 0. The smallest absolute Gasteiger partial charge is 0.151 e. The van der Waals surface area contributed by atoms with Crippen molar-refractivity contribution >= 4 is 11.6 Å². The monoisotopic (exact) mass is 270 g/mol. The van der Waals surface area contributed by atoms with E-state index >= 15 is 0 Å². The molecule has 0 spiro atoms. The molecule has 3 rings (SSSR count). The van der Waals surface area contributed by atoms with E-state index in [0.29, 0.717) is 5.15 Å². The SMILES string of the molecule is Clc1ccc(-c2ccccc2)nn1.c1ccnnc1. The normalized spacial score (nSPS) is 9.32. The number of halogens is 1. The van der Waals surface area contributed by atoms with Crippen LogP contribution in [0.15, 0.2) is 67.0 Å². The van der Waals surface area contributed by atoms with Gasteiger partial charge in [-0.2, -0.15) is 10.2 Å². The van der Waals surface area contributed by atoms with Crippen molar-refractivity contribution < 1.29 is 0 Å². The zero-order valence-corrected chi connectivity index (χ0v) is 10.8.